The Morgan fingerprint density at radius 2 is 1.67 bits per heavy atom. The molecular formula is C29H33ClN2O4. The SMILES string of the molecule is CCCCNC(=O)[C@H](Cc1ccccc1)N(Cc1cccc(OC)c1)C(=O)COc1ccc(Cl)cc1. The topological polar surface area (TPSA) is 67.9 Å². The van der Waals surface area contributed by atoms with Gasteiger partial charge in [-0.1, -0.05) is 67.4 Å². The van der Waals surface area contributed by atoms with Gasteiger partial charge in [-0.3, -0.25) is 9.59 Å². The Balaban J connectivity index is 1.89. The summed E-state index contributed by atoms with van der Waals surface area (Å²) in [6.45, 7) is 2.65. The lowest BCUT2D eigenvalue weighted by molar-refractivity contribution is -0.142. The van der Waals surface area contributed by atoms with Gasteiger partial charge in [-0.2, -0.15) is 0 Å². The van der Waals surface area contributed by atoms with Crippen LogP contribution in [0.15, 0.2) is 78.9 Å². The molecule has 0 heterocycles. The van der Waals surface area contributed by atoms with Crippen molar-refractivity contribution in [3.05, 3.63) is 95.0 Å². The Morgan fingerprint density at radius 3 is 2.36 bits per heavy atom. The number of benzene rings is 3. The molecule has 0 aliphatic rings. The molecule has 1 atom stereocenters. The van der Waals surface area contributed by atoms with Crippen LogP contribution in [0, 0.1) is 0 Å². The summed E-state index contributed by atoms with van der Waals surface area (Å²) in [6.07, 6.45) is 2.22. The minimum Gasteiger partial charge on any atom is -0.497 e. The van der Waals surface area contributed by atoms with Crippen LogP contribution in [0.5, 0.6) is 11.5 Å². The molecule has 1 N–H and O–H groups in total. The second-order valence-corrected chi connectivity index (χ2v) is 8.90. The van der Waals surface area contributed by atoms with Crippen molar-refractivity contribution >= 4 is 23.4 Å². The van der Waals surface area contributed by atoms with E-state index >= 15 is 0 Å². The lowest BCUT2D eigenvalue weighted by Crippen LogP contribution is -2.51. The molecule has 0 saturated carbocycles. The number of amides is 2. The Bertz CT molecular complexity index is 1110. The highest BCUT2D eigenvalue weighted by molar-refractivity contribution is 6.30. The van der Waals surface area contributed by atoms with Gasteiger partial charge in [-0.15, -0.1) is 0 Å². The smallest absolute Gasteiger partial charge is 0.261 e. The first kappa shape index (κ1) is 27.1. The summed E-state index contributed by atoms with van der Waals surface area (Å²) in [5.74, 6) is 0.736. The van der Waals surface area contributed by atoms with E-state index in [4.69, 9.17) is 21.1 Å². The largest absolute Gasteiger partial charge is 0.497 e. The Labute approximate surface area is 218 Å². The van der Waals surface area contributed by atoms with E-state index in [-0.39, 0.29) is 25.0 Å². The second kappa shape index (κ2) is 14.1. The van der Waals surface area contributed by atoms with Crippen molar-refractivity contribution in [2.75, 3.05) is 20.3 Å². The minimum absolute atomic E-state index is 0.185. The maximum absolute atomic E-state index is 13.6. The van der Waals surface area contributed by atoms with Crippen LogP contribution in [0.1, 0.15) is 30.9 Å². The van der Waals surface area contributed by atoms with E-state index in [0.29, 0.717) is 29.5 Å². The van der Waals surface area contributed by atoms with Gasteiger partial charge in [0.1, 0.15) is 17.5 Å². The summed E-state index contributed by atoms with van der Waals surface area (Å²) in [4.78, 5) is 28.6. The number of carbonyl (C=O) groups excluding carboxylic acids is 2. The highest BCUT2D eigenvalue weighted by Crippen LogP contribution is 2.20. The third kappa shape index (κ3) is 8.31. The van der Waals surface area contributed by atoms with Crippen molar-refractivity contribution in [2.45, 2.75) is 38.8 Å². The molecule has 0 bridgehead atoms. The fourth-order valence-electron chi connectivity index (χ4n) is 3.79. The maximum atomic E-state index is 13.6. The number of rotatable bonds is 13. The molecule has 36 heavy (non-hydrogen) atoms. The predicted molar refractivity (Wildman–Crippen MR) is 142 cm³/mol. The number of ether oxygens (including phenoxy) is 2. The molecule has 3 aromatic rings. The lowest BCUT2D eigenvalue weighted by atomic mass is 10.0. The van der Waals surface area contributed by atoms with E-state index in [1.165, 1.54) is 0 Å². The van der Waals surface area contributed by atoms with Crippen LogP contribution in [-0.2, 0) is 22.6 Å². The monoisotopic (exact) mass is 508 g/mol. The van der Waals surface area contributed by atoms with Crippen LogP contribution in [0.3, 0.4) is 0 Å². The molecule has 0 radical (unpaired) electrons. The maximum Gasteiger partial charge on any atom is 0.261 e. The van der Waals surface area contributed by atoms with Crippen molar-refractivity contribution in [3.63, 3.8) is 0 Å². The quantitative estimate of drug-likeness (QED) is 0.319. The third-order valence-corrected chi connectivity index (χ3v) is 6.02. The Hall–Kier alpha value is -3.51. The average molecular weight is 509 g/mol. The molecule has 0 spiro atoms. The second-order valence-electron chi connectivity index (χ2n) is 8.47. The van der Waals surface area contributed by atoms with Crippen molar-refractivity contribution in [1.82, 2.24) is 10.2 Å². The van der Waals surface area contributed by atoms with Gasteiger partial charge in [0.25, 0.3) is 5.91 Å². The van der Waals surface area contributed by atoms with E-state index in [2.05, 4.69) is 12.2 Å². The molecule has 3 aromatic carbocycles. The van der Waals surface area contributed by atoms with Gasteiger partial charge < -0.3 is 19.7 Å². The number of nitrogens with zero attached hydrogens (tertiary/aromatic N) is 1. The van der Waals surface area contributed by atoms with Crippen LogP contribution < -0.4 is 14.8 Å². The van der Waals surface area contributed by atoms with Crippen molar-refractivity contribution in [1.29, 1.82) is 0 Å². The number of hydrogen-bond acceptors (Lipinski definition) is 4. The van der Waals surface area contributed by atoms with Gasteiger partial charge in [0, 0.05) is 24.5 Å². The van der Waals surface area contributed by atoms with Crippen LogP contribution >= 0.6 is 11.6 Å². The fraction of sp³-hybridized carbons (Fsp3) is 0.310. The normalized spacial score (nSPS) is 11.4. The predicted octanol–water partition coefficient (Wildman–Crippen LogP) is 5.28. The third-order valence-electron chi connectivity index (χ3n) is 5.76. The molecular weight excluding hydrogens is 476 g/mol. The van der Waals surface area contributed by atoms with E-state index in [1.807, 2.05) is 54.6 Å². The zero-order valence-corrected chi connectivity index (χ0v) is 21.5. The fourth-order valence-corrected chi connectivity index (χ4v) is 3.91. The molecule has 7 heteroatoms. The van der Waals surface area contributed by atoms with Crippen LogP contribution in [0.2, 0.25) is 5.02 Å². The van der Waals surface area contributed by atoms with Crippen molar-refractivity contribution in [2.24, 2.45) is 0 Å². The molecule has 0 saturated heterocycles. The molecule has 2 amide bonds. The minimum atomic E-state index is -0.711. The summed E-state index contributed by atoms with van der Waals surface area (Å²) in [7, 11) is 1.60. The van der Waals surface area contributed by atoms with E-state index < -0.39 is 6.04 Å². The van der Waals surface area contributed by atoms with Crippen LogP contribution in [0.25, 0.3) is 0 Å². The van der Waals surface area contributed by atoms with Crippen LogP contribution in [0.4, 0.5) is 0 Å². The first-order valence-electron chi connectivity index (χ1n) is 12.1. The molecule has 0 unspecified atom stereocenters. The zero-order valence-electron chi connectivity index (χ0n) is 20.8. The van der Waals surface area contributed by atoms with Gasteiger partial charge in [0.15, 0.2) is 6.61 Å². The van der Waals surface area contributed by atoms with E-state index in [1.54, 1.807) is 36.3 Å². The Kier molecular flexibility index (Phi) is 10.6. The first-order chi connectivity index (χ1) is 17.5. The molecule has 190 valence electrons. The standard InChI is InChI=1S/C29H33ClN2O4/c1-3-4-17-31-29(34)27(19-22-9-6-5-7-10-22)32(20-23-11-8-12-26(18-23)35-2)28(33)21-36-25-15-13-24(30)14-16-25/h5-16,18,27H,3-4,17,19-21H2,1-2H3,(H,31,34)/t27-/m0/s1. The zero-order chi connectivity index (χ0) is 25.8. The lowest BCUT2D eigenvalue weighted by Gasteiger charge is -2.31. The highest BCUT2D eigenvalue weighted by atomic mass is 35.5. The van der Waals surface area contributed by atoms with E-state index in [9.17, 15) is 9.59 Å². The molecule has 3 rings (SSSR count). The summed E-state index contributed by atoms with van der Waals surface area (Å²) in [6, 6.07) is 23.3. The van der Waals surface area contributed by atoms with Gasteiger partial charge in [-0.05, 0) is 53.9 Å². The number of halogens is 1. The van der Waals surface area contributed by atoms with Crippen molar-refractivity contribution < 1.29 is 19.1 Å². The highest BCUT2D eigenvalue weighted by Gasteiger charge is 2.30. The molecule has 0 fully saturated rings. The summed E-state index contributed by atoms with van der Waals surface area (Å²) in [5.41, 5.74) is 1.82. The summed E-state index contributed by atoms with van der Waals surface area (Å²) in [5, 5.41) is 3.60. The number of hydrogen-bond donors (Lipinski definition) is 1. The summed E-state index contributed by atoms with van der Waals surface area (Å²) < 4.78 is 11.1. The van der Waals surface area contributed by atoms with Gasteiger partial charge in [0.05, 0.1) is 7.11 Å². The molecule has 0 aromatic heterocycles. The molecule has 6 nitrogen and oxygen atoms in total. The number of carbonyl (C=O) groups is 2. The van der Waals surface area contributed by atoms with Gasteiger partial charge in [-0.25, -0.2) is 0 Å². The molecule has 0 aliphatic heterocycles. The Morgan fingerprint density at radius 1 is 0.944 bits per heavy atom. The summed E-state index contributed by atoms with van der Waals surface area (Å²) >= 11 is 5.96. The average Bonchev–Trinajstić information content (AvgIpc) is 2.91. The van der Waals surface area contributed by atoms with Gasteiger partial charge >= 0.3 is 0 Å². The van der Waals surface area contributed by atoms with E-state index in [0.717, 1.165) is 24.0 Å². The van der Waals surface area contributed by atoms with Crippen LogP contribution in [-0.4, -0.2) is 43.0 Å². The number of unbranched alkanes of at least 4 members (excludes halogenated alkanes) is 1. The van der Waals surface area contributed by atoms with Crippen molar-refractivity contribution in [3.8, 4) is 11.5 Å². The first-order valence-corrected chi connectivity index (χ1v) is 12.5. The number of nitrogens with one attached hydrogen (secondary N) is 1. The molecule has 0 aliphatic carbocycles. The van der Waals surface area contributed by atoms with Gasteiger partial charge in [0.2, 0.25) is 5.91 Å². The number of methoxy groups -OCH3 is 1.